The molecule has 1 aromatic rings. The van der Waals surface area contributed by atoms with E-state index >= 15 is 0 Å². The molecular formula is C21H30N4O4S. The minimum atomic E-state index is -0.108. The number of fused-ring (bicyclic) bond motifs is 3. The highest BCUT2D eigenvalue weighted by Gasteiger charge is 2.39. The van der Waals surface area contributed by atoms with Crippen LogP contribution in [0.3, 0.4) is 0 Å². The van der Waals surface area contributed by atoms with Gasteiger partial charge < -0.3 is 14.5 Å². The van der Waals surface area contributed by atoms with Gasteiger partial charge in [-0.2, -0.15) is 0 Å². The van der Waals surface area contributed by atoms with Crippen LogP contribution >= 0.6 is 11.3 Å². The van der Waals surface area contributed by atoms with Crippen LogP contribution in [0.1, 0.15) is 40.6 Å². The second kappa shape index (κ2) is 8.64. The van der Waals surface area contributed by atoms with Gasteiger partial charge in [0.15, 0.2) is 0 Å². The molecule has 1 aromatic heterocycles. The van der Waals surface area contributed by atoms with Crippen LogP contribution in [0.2, 0.25) is 0 Å². The molecule has 3 aliphatic heterocycles. The van der Waals surface area contributed by atoms with E-state index in [0.29, 0.717) is 43.2 Å². The number of likely N-dealkylation sites (N-methyl/N-ethyl adjacent to an activating group) is 2. The molecule has 0 radical (unpaired) electrons. The van der Waals surface area contributed by atoms with Crippen LogP contribution in [0.25, 0.3) is 0 Å². The fraction of sp³-hybridized carbons (Fsp3) is 0.667. The van der Waals surface area contributed by atoms with Crippen molar-refractivity contribution in [1.29, 1.82) is 0 Å². The lowest BCUT2D eigenvalue weighted by Gasteiger charge is -2.32. The maximum atomic E-state index is 13.2. The predicted molar refractivity (Wildman–Crippen MR) is 115 cm³/mol. The first-order chi connectivity index (χ1) is 14.5. The standard InChI is InChI=1S/C21H30N4O4S/c1-4-23-8-5-6-15(23)19(27)24-9-7-14-16(12-24)30-21-18(14)20(28)22(2)13-17(26)25(21)10-11-29-3/h15H,4-13H2,1-3H3. The number of anilines is 1. The van der Waals surface area contributed by atoms with Crippen molar-refractivity contribution in [2.45, 2.75) is 38.8 Å². The number of nitrogens with zero attached hydrogens (tertiary/aromatic N) is 4. The number of carbonyl (C=O) groups is 3. The first-order valence-corrected chi connectivity index (χ1v) is 11.5. The Morgan fingerprint density at radius 2 is 2.03 bits per heavy atom. The number of amides is 3. The lowest BCUT2D eigenvalue weighted by atomic mass is 10.0. The van der Waals surface area contributed by atoms with Crippen molar-refractivity contribution in [2.75, 3.05) is 58.4 Å². The van der Waals surface area contributed by atoms with E-state index in [0.717, 1.165) is 36.4 Å². The van der Waals surface area contributed by atoms with Crippen molar-refractivity contribution in [3.63, 3.8) is 0 Å². The van der Waals surface area contributed by atoms with Crippen molar-refractivity contribution in [3.8, 4) is 0 Å². The van der Waals surface area contributed by atoms with Crippen molar-refractivity contribution >= 4 is 34.1 Å². The van der Waals surface area contributed by atoms with E-state index < -0.39 is 0 Å². The molecule has 30 heavy (non-hydrogen) atoms. The number of rotatable bonds is 5. The van der Waals surface area contributed by atoms with Crippen LogP contribution in [0, 0.1) is 0 Å². The Morgan fingerprint density at radius 3 is 2.77 bits per heavy atom. The van der Waals surface area contributed by atoms with Crippen LogP contribution < -0.4 is 4.90 Å². The van der Waals surface area contributed by atoms with Crippen LogP contribution in [0.4, 0.5) is 5.00 Å². The predicted octanol–water partition coefficient (Wildman–Crippen LogP) is 1.18. The fourth-order valence-corrected chi connectivity index (χ4v) is 6.15. The molecule has 0 aliphatic carbocycles. The lowest BCUT2D eigenvalue weighted by Crippen LogP contribution is -2.47. The van der Waals surface area contributed by atoms with Gasteiger partial charge in [-0.05, 0) is 37.9 Å². The first kappa shape index (κ1) is 21.3. The zero-order chi connectivity index (χ0) is 21.4. The van der Waals surface area contributed by atoms with Crippen molar-refractivity contribution in [3.05, 3.63) is 16.0 Å². The Hall–Kier alpha value is -1.97. The summed E-state index contributed by atoms with van der Waals surface area (Å²) in [5.41, 5.74) is 1.65. The minimum absolute atomic E-state index is 0.0260. The number of ether oxygens (including phenoxy) is 1. The van der Waals surface area contributed by atoms with E-state index in [1.807, 2.05) is 4.90 Å². The summed E-state index contributed by atoms with van der Waals surface area (Å²) in [5.74, 6) is -0.0134. The van der Waals surface area contributed by atoms with Gasteiger partial charge in [-0.3, -0.25) is 24.2 Å². The molecule has 1 unspecified atom stereocenters. The average molecular weight is 435 g/mol. The largest absolute Gasteiger partial charge is 0.383 e. The maximum Gasteiger partial charge on any atom is 0.257 e. The van der Waals surface area contributed by atoms with Gasteiger partial charge in [-0.25, -0.2) is 0 Å². The number of likely N-dealkylation sites (tertiary alicyclic amines) is 1. The van der Waals surface area contributed by atoms with Crippen molar-refractivity contribution in [1.82, 2.24) is 14.7 Å². The number of hydrogen-bond donors (Lipinski definition) is 0. The quantitative estimate of drug-likeness (QED) is 0.696. The Morgan fingerprint density at radius 1 is 1.23 bits per heavy atom. The van der Waals surface area contributed by atoms with E-state index in [4.69, 9.17) is 4.74 Å². The zero-order valence-corrected chi connectivity index (χ0v) is 18.8. The third-order valence-corrected chi connectivity index (χ3v) is 7.64. The van der Waals surface area contributed by atoms with Gasteiger partial charge in [0.05, 0.1) is 31.3 Å². The second-order valence-corrected chi connectivity index (χ2v) is 9.26. The molecule has 8 nitrogen and oxygen atoms in total. The van der Waals surface area contributed by atoms with Crippen LogP contribution in [-0.2, 0) is 27.3 Å². The summed E-state index contributed by atoms with van der Waals surface area (Å²) in [6.07, 6.45) is 2.63. The molecule has 3 amide bonds. The van der Waals surface area contributed by atoms with E-state index in [-0.39, 0.29) is 30.3 Å². The molecule has 9 heteroatoms. The summed E-state index contributed by atoms with van der Waals surface area (Å²) in [5, 5.41) is 0.710. The Bertz CT molecular complexity index is 854. The fourth-order valence-electron chi connectivity index (χ4n) is 4.76. The van der Waals surface area contributed by atoms with Crippen LogP contribution in [0.5, 0.6) is 0 Å². The van der Waals surface area contributed by atoms with Gasteiger partial charge in [0.2, 0.25) is 11.8 Å². The van der Waals surface area contributed by atoms with E-state index in [1.54, 1.807) is 19.1 Å². The second-order valence-electron chi connectivity index (χ2n) is 8.18. The summed E-state index contributed by atoms with van der Waals surface area (Å²) in [6.45, 7) is 6.00. The lowest BCUT2D eigenvalue weighted by molar-refractivity contribution is -0.136. The Balaban J connectivity index is 1.63. The van der Waals surface area contributed by atoms with Crippen molar-refractivity contribution < 1.29 is 19.1 Å². The van der Waals surface area contributed by atoms with Gasteiger partial charge in [0.1, 0.15) is 11.5 Å². The van der Waals surface area contributed by atoms with Gasteiger partial charge in [-0.15, -0.1) is 11.3 Å². The summed E-state index contributed by atoms with van der Waals surface area (Å²) < 4.78 is 5.19. The third kappa shape index (κ3) is 3.63. The van der Waals surface area contributed by atoms with E-state index in [2.05, 4.69) is 11.8 Å². The van der Waals surface area contributed by atoms with Crippen LogP contribution in [0.15, 0.2) is 0 Å². The minimum Gasteiger partial charge on any atom is -0.383 e. The zero-order valence-electron chi connectivity index (χ0n) is 18.0. The van der Waals surface area contributed by atoms with Gasteiger partial charge in [-0.1, -0.05) is 6.92 Å². The number of hydrogen-bond acceptors (Lipinski definition) is 6. The highest BCUT2D eigenvalue weighted by Crippen LogP contribution is 2.41. The van der Waals surface area contributed by atoms with Gasteiger partial charge in [0, 0.05) is 25.6 Å². The molecule has 1 fully saturated rings. The first-order valence-electron chi connectivity index (χ1n) is 10.7. The highest BCUT2D eigenvalue weighted by atomic mass is 32.1. The maximum absolute atomic E-state index is 13.2. The molecule has 4 heterocycles. The molecule has 0 bridgehead atoms. The molecule has 0 spiro atoms. The summed E-state index contributed by atoms with van der Waals surface area (Å²) in [4.78, 5) is 47.4. The average Bonchev–Trinajstić information content (AvgIpc) is 3.34. The van der Waals surface area contributed by atoms with E-state index in [1.165, 1.54) is 16.2 Å². The molecule has 0 aromatic carbocycles. The number of thiophene rings is 1. The van der Waals surface area contributed by atoms with E-state index in [9.17, 15) is 14.4 Å². The monoisotopic (exact) mass is 434 g/mol. The topological polar surface area (TPSA) is 73.4 Å². The molecular weight excluding hydrogens is 404 g/mol. The molecule has 1 atom stereocenters. The highest BCUT2D eigenvalue weighted by molar-refractivity contribution is 7.17. The number of carbonyl (C=O) groups excluding carboxylic acids is 3. The third-order valence-electron chi connectivity index (χ3n) is 6.40. The molecule has 1 saturated heterocycles. The number of methoxy groups -OCH3 is 1. The molecule has 4 rings (SSSR count). The SMILES string of the molecule is CCN1CCCC1C(=O)N1CCc2c(sc3c2C(=O)N(C)CC(=O)N3CCOC)C1. The van der Waals surface area contributed by atoms with Crippen molar-refractivity contribution in [2.24, 2.45) is 0 Å². The smallest absolute Gasteiger partial charge is 0.257 e. The molecule has 164 valence electrons. The molecule has 0 N–H and O–H groups in total. The normalized spacial score (nSPS) is 22.4. The summed E-state index contributed by atoms with van der Waals surface area (Å²) in [6, 6.07) is -0.0260. The molecule has 3 aliphatic rings. The van der Waals surface area contributed by atoms with Gasteiger partial charge >= 0.3 is 0 Å². The Kier molecular flexibility index (Phi) is 6.13. The summed E-state index contributed by atoms with van der Waals surface area (Å²) >= 11 is 1.48. The molecule has 0 saturated carbocycles. The summed E-state index contributed by atoms with van der Waals surface area (Å²) in [7, 11) is 3.28. The Labute approximate surface area is 181 Å². The van der Waals surface area contributed by atoms with Crippen LogP contribution in [-0.4, -0.2) is 92.0 Å². The van der Waals surface area contributed by atoms with Gasteiger partial charge in [0.25, 0.3) is 5.91 Å².